The molecular weight excluding hydrogens is 1270 g/mol. The number of hydrogen-bond acceptors (Lipinski definition) is 35. The molecule has 21 heterocycles. The van der Waals surface area contributed by atoms with Crippen LogP contribution in [0.1, 0.15) is 0 Å². The predicted octanol–water partition coefficient (Wildman–Crippen LogP) is -4.11. The number of aliphatic hydroxyl groups is 4. The van der Waals surface area contributed by atoms with E-state index in [1.54, 1.807) is 0 Å². The summed E-state index contributed by atoms with van der Waals surface area (Å²) in [5.74, 6) is 0. The average molecular weight is 1370 g/mol. The third-order valence-corrected chi connectivity index (χ3v) is 18.3. The zero-order valence-corrected chi connectivity index (χ0v) is 56.6. The Hall–Kier alpha value is -1.40. The fraction of sp³-hybridized carbons (Fsp3) is 1.00. The van der Waals surface area contributed by atoms with Crippen LogP contribution in [0.15, 0.2) is 0 Å². The first-order valence-electron chi connectivity index (χ1n) is 31.1. The summed E-state index contributed by atoms with van der Waals surface area (Å²) in [5.41, 5.74) is 0. The first-order valence-corrected chi connectivity index (χ1v) is 31.1. The molecule has 0 radical (unpaired) electrons. The third kappa shape index (κ3) is 16.9. The second-order valence-corrected chi connectivity index (χ2v) is 23.7. The van der Waals surface area contributed by atoms with Gasteiger partial charge in [-0.05, 0) is 0 Å². The van der Waals surface area contributed by atoms with Crippen molar-refractivity contribution < 1.29 is 167 Å². The molecule has 0 spiro atoms. The number of ether oxygens (including phenoxy) is 31. The Morgan fingerprint density at radius 2 is 0.351 bits per heavy atom. The Morgan fingerprint density at radius 1 is 0.181 bits per heavy atom. The van der Waals surface area contributed by atoms with Crippen LogP contribution in [0.5, 0.6) is 0 Å². The van der Waals surface area contributed by atoms with E-state index in [1.165, 1.54) is 121 Å². The summed E-state index contributed by atoms with van der Waals surface area (Å²) >= 11 is 0. The molecular formula is C59H104O35. The summed E-state index contributed by atoms with van der Waals surface area (Å²) < 4.78 is 194. The van der Waals surface area contributed by atoms with Crippen molar-refractivity contribution in [1.29, 1.82) is 0 Å². The molecule has 0 aromatic carbocycles. The molecule has 0 saturated carbocycles. The van der Waals surface area contributed by atoms with E-state index in [4.69, 9.17) is 147 Å². The van der Waals surface area contributed by atoms with Crippen LogP contribution in [-0.4, -0.2) is 402 Å². The summed E-state index contributed by atoms with van der Waals surface area (Å²) in [5, 5.41) is 49.5. The summed E-state index contributed by atoms with van der Waals surface area (Å²) in [6, 6.07) is 0. The Balaban J connectivity index is 1.20. The SMILES string of the molecule is COC[C@H]1O[C@@H]2O[C@H]3[C@H](OC)[C@@H](OC)[C@@H](O[C@H]4[C@H](OC)[C@@H](OC)[C@@H](O[C@H]5[C@H](OC)[C@@H](O)[C@@H](O[C@H]6[C@H](O)[C@@H](OC)[C@@H](O[C@H]7[C@H](OC)[C@@H](OC)[C@@H](O[C@H]8[C@H](OC)[C@@H](O)[C@@H](O[C@H]1[C@H](O)[C@H]2OC)O[C@@H]8COC)O[C@@H]7COC)O[C@@H]6COC)O[C@@H]5COC)O[C@@H]4COC)O[C@@H]3COC. The number of methoxy groups -OCH3 is 17. The van der Waals surface area contributed by atoms with Crippen molar-refractivity contribution in [2.45, 2.75) is 215 Å². The highest BCUT2D eigenvalue weighted by atomic mass is 16.8. The monoisotopic (exact) mass is 1370 g/mol. The van der Waals surface area contributed by atoms with E-state index in [-0.39, 0.29) is 46.2 Å². The molecule has 94 heavy (non-hydrogen) atoms. The van der Waals surface area contributed by atoms with Crippen LogP contribution in [0.4, 0.5) is 0 Å². The van der Waals surface area contributed by atoms with E-state index in [9.17, 15) is 20.4 Å². The lowest BCUT2D eigenvalue weighted by Gasteiger charge is -2.52. The third-order valence-electron chi connectivity index (χ3n) is 18.3. The second-order valence-electron chi connectivity index (χ2n) is 23.7. The van der Waals surface area contributed by atoms with Gasteiger partial charge in [0, 0.05) is 121 Å². The second kappa shape index (κ2) is 37.5. The summed E-state index contributed by atoms with van der Waals surface area (Å²) in [4.78, 5) is 0. The van der Waals surface area contributed by atoms with Crippen molar-refractivity contribution in [1.82, 2.24) is 0 Å². The van der Waals surface area contributed by atoms with Gasteiger partial charge in [-0.3, -0.25) is 0 Å². The Morgan fingerprint density at radius 3 is 0.553 bits per heavy atom. The summed E-state index contributed by atoms with van der Waals surface area (Å²) in [6.45, 7) is -0.977. The van der Waals surface area contributed by atoms with Crippen molar-refractivity contribution in [3.05, 3.63) is 0 Å². The molecule has 0 amide bonds. The van der Waals surface area contributed by atoms with E-state index in [2.05, 4.69) is 0 Å². The van der Waals surface area contributed by atoms with E-state index in [0.717, 1.165) is 0 Å². The average Bonchev–Trinajstić information content (AvgIpc) is 0.776. The highest BCUT2D eigenvalue weighted by Crippen LogP contribution is 2.42. The van der Waals surface area contributed by atoms with E-state index >= 15 is 0 Å². The van der Waals surface area contributed by atoms with Crippen LogP contribution in [0.2, 0.25) is 0 Å². The van der Waals surface area contributed by atoms with Gasteiger partial charge in [0.25, 0.3) is 0 Å². The molecule has 35 nitrogen and oxygen atoms in total. The van der Waals surface area contributed by atoms with Gasteiger partial charge in [0.05, 0.1) is 46.2 Å². The molecule has 0 unspecified atom stereocenters. The van der Waals surface area contributed by atoms with E-state index in [1.807, 2.05) is 0 Å². The van der Waals surface area contributed by atoms with Crippen LogP contribution in [0.3, 0.4) is 0 Å². The smallest absolute Gasteiger partial charge is 0.187 e. The molecule has 21 rings (SSSR count). The van der Waals surface area contributed by atoms with Gasteiger partial charge >= 0.3 is 0 Å². The van der Waals surface area contributed by atoms with Gasteiger partial charge < -0.3 is 167 Å². The van der Waals surface area contributed by atoms with E-state index in [0.29, 0.717) is 0 Å². The van der Waals surface area contributed by atoms with Crippen LogP contribution in [-0.2, 0) is 147 Å². The topological polar surface area (TPSA) is 367 Å². The van der Waals surface area contributed by atoms with Gasteiger partial charge in [-0.1, -0.05) is 0 Å². The molecule has 21 aliphatic heterocycles. The van der Waals surface area contributed by atoms with Crippen molar-refractivity contribution in [2.75, 3.05) is 167 Å². The first kappa shape index (κ1) is 78.3. The molecule has 0 aromatic rings. The molecule has 550 valence electrons. The molecule has 0 aliphatic carbocycles. The molecule has 21 fully saturated rings. The lowest BCUT2D eigenvalue weighted by atomic mass is 9.94. The molecule has 14 bridgehead atoms. The maximum atomic E-state index is 12.5. The van der Waals surface area contributed by atoms with Crippen LogP contribution >= 0.6 is 0 Å². The van der Waals surface area contributed by atoms with Crippen molar-refractivity contribution in [3.8, 4) is 0 Å². The minimum atomic E-state index is -1.64. The first-order chi connectivity index (χ1) is 45.5. The Bertz CT molecular complexity index is 2130. The molecule has 35 atom stereocenters. The molecule has 35 heteroatoms. The summed E-state index contributed by atoms with van der Waals surface area (Å²) in [6.07, 6.45) is -43.5. The van der Waals surface area contributed by atoms with Gasteiger partial charge in [-0.15, -0.1) is 0 Å². The van der Waals surface area contributed by atoms with Crippen molar-refractivity contribution in [2.24, 2.45) is 0 Å². The normalized spacial score (nSPS) is 47.5. The number of hydrogen-bond donors (Lipinski definition) is 4. The lowest BCUT2D eigenvalue weighted by molar-refractivity contribution is -0.401. The van der Waals surface area contributed by atoms with Crippen LogP contribution in [0, 0.1) is 0 Å². The maximum absolute atomic E-state index is 12.5. The zero-order chi connectivity index (χ0) is 68.1. The lowest BCUT2D eigenvalue weighted by Crippen LogP contribution is -2.69. The van der Waals surface area contributed by atoms with Gasteiger partial charge in [0.2, 0.25) is 0 Å². The van der Waals surface area contributed by atoms with Gasteiger partial charge in [-0.25, -0.2) is 0 Å². The largest absolute Gasteiger partial charge is 0.387 e. The Kier molecular flexibility index (Phi) is 31.2. The van der Waals surface area contributed by atoms with Crippen LogP contribution < -0.4 is 0 Å². The molecule has 4 N–H and O–H groups in total. The van der Waals surface area contributed by atoms with Gasteiger partial charge in [0.15, 0.2) is 44.0 Å². The van der Waals surface area contributed by atoms with Crippen molar-refractivity contribution >= 4 is 0 Å². The summed E-state index contributed by atoms with van der Waals surface area (Å²) in [7, 11) is 24.2. The zero-order valence-electron chi connectivity index (χ0n) is 56.6. The minimum Gasteiger partial charge on any atom is -0.387 e. The predicted molar refractivity (Wildman–Crippen MR) is 310 cm³/mol. The maximum Gasteiger partial charge on any atom is 0.187 e. The van der Waals surface area contributed by atoms with Gasteiger partial charge in [0.1, 0.15) is 171 Å². The minimum absolute atomic E-state index is 0.0956. The molecule has 21 aliphatic rings. The Labute approximate surface area is 548 Å². The van der Waals surface area contributed by atoms with Gasteiger partial charge in [-0.2, -0.15) is 0 Å². The number of rotatable bonds is 24. The molecule has 0 aromatic heterocycles. The van der Waals surface area contributed by atoms with E-state index < -0.39 is 215 Å². The quantitative estimate of drug-likeness (QED) is 0.0713. The van der Waals surface area contributed by atoms with Crippen LogP contribution in [0.25, 0.3) is 0 Å². The number of aliphatic hydroxyl groups excluding tert-OH is 4. The highest BCUT2D eigenvalue weighted by molar-refractivity contribution is 5.04. The fourth-order valence-corrected chi connectivity index (χ4v) is 13.9. The van der Waals surface area contributed by atoms with Crippen molar-refractivity contribution in [3.63, 3.8) is 0 Å². The molecule has 21 saturated heterocycles. The highest BCUT2D eigenvalue weighted by Gasteiger charge is 2.61. The fourth-order valence-electron chi connectivity index (χ4n) is 13.9. The standard InChI is InChI=1S/C59H104O35/c1-64-18-25-36-32(60)45(73-10)55(83-25)92-40-29(22-68-5)85-57(50(78-15)47(40)75-12)90-38-27(20-66-3)81-53(34(62)43(38)71-8)89-37-26(19-65-2)84-56(46(74-11)33(37)61)93-41-30(23-69-6)87-59(52(80-17)48(41)76-13)94-42-31(24-70-7)86-58(51(79-16)49(42)77-14)91-39-28(21-67-4)82-54(88-36)35(63)44(39)72-9/h25-63H,18-24H2,1-17H3/t25-,26-,27-,28-,29-,30-,31-,32+,33+,34-,35-,36-,37-,38-,39-,40-,41-,42-,43-,44-,45-,46-,47+,48+,49+,50-,51-,52-,53-,54-,55-,56-,57-,58-,59-/m1/s1.